The van der Waals surface area contributed by atoms with Gasteiger partial charge in [0.05, 0.1) is 30.0 Å². The van der Waals surface area contributed by atoms with E-state index >= 15 is 0 Å². The van der Waals surface area contributed by atoms with Crippen LogP contribution >= 0.6 is 22.6 Å². The van der Waals surface area contributed by atoms with E-state index in [1.807, 2.05) is 10.9 Å². The second kappa shape index (κ2) is 5.44. The lowest BCUT2D eigenvalue weighted by Crippen LogP contribution is -2.07. The number of fused-ring (bicyclic) bond motifs is 1. The van der Waals surface area contributed by atoms with Crippen LogP contribution in [0.25, 0.3) is 10.9 Å². The monoisotopic (exact) mass is 392 g/mol. The molecule has 2 aromatic heterocycles. The van der Waals surface area contributed by atoms with Crippen LogP contribution in [0.15, 0.2) is 36.7 Å². The molecular formula is C16H17IN4. The quantitative estimate of drug-likeness (QED) is 0.632. The van der Waals surface area contributed by atoms with Crippen molar-refractivity contribution < 1.29 is 0 Å². The number of rotatable bonds is 3. The van der Waals surface area contributed by atoms with Crippen molar-refractivity contribution in [1.82, 2.24) is 19.6 Å². The average Bonchev–Trinajstić information content (AvgIpc) is 3.20. The second-order valence-corrected chi connectivity index (χ2v) is 6.98. The third kappa shape index (κ3) is 2.59. The highest BCUT2D eigenvalue weighted by atomic mass is 127. The number of halogens is 1. The maximum atomic E-state index is 4.75. The van der Waals surface area contributed by atoms with E-state index in [0.29, 0.717) is 6.04 Å². The molecule has 0 atom stereocenters. The highest BCUT2D eigenvalue weighted by Crippen LogP contribution is 2.28. The molecule has 0 radical (unpaired) electrons. The van der Waals surface area contributed by atoms with Gasteiger partial charge in [-0.2, -0.15) is 10.2 Å². The van der Waals surface area contributed by atoms with Crippen LogP contribution in [0.3, 0.4) is 0 Å². The molecule has 1 aliphatic rings. The van der Waals surface area contributed by atoms with Crippen LogP contribution in [-0.2, 0) is 6.54 Å². The van der Waals surface area contributed by atoms with Crippen LogP contribution in [0.1, 0.15) is 37.4 Å². The maximum Gasteiger partial charge on any atom is 0.0857 e. The van der Waals surface area contributed by atoms with Gasteiger partial charge in [0, 0.05) is 15.2 Å². The Morgan fingerprint density at radius 3 is 2.90 bits per heavy atom. The normalized spacial score (nSPS) is 16.0. The fourth-order valence-corrected chi connectivity index (χ4v) is 3.63. The third-order valence-electron chi connectivity index (χ3n) is 4.28. The fourth-order valence-electron chi connectivity index (χ4n) is 3.16. The number of benzene rings is 1. The van der Waals surface area contributed by atoms with Crippen LogP contribution in [-0.4, -0.2) is 19.6 Å². The van der Waals surface area contributed by atoms with Crippen LogP contribution < -0.4 is 0 Å². The Labute approximate surface area is 137 Å². The number of hydrogen-bond acceptors (Lipinski definition) is 2. The van der Waals surface area contributed by atoms with Crippen molar-refractivity contribution in [2.24, 2.45) is 0 Å². The Hall–Kier alpha value is -1.37. The minimum Gasteiger partial charge on any atom is -0.269 e. The van der Waals surface area contributed by atoms with Crippen molar-refractivity contribution >= 4 is 33.5 Å². The first kappa shape index (κ1) is 13.3. The van der Waals surface area contributed by atoms with Gasteiger partial charge in [-0.25, -0.2) is 0 Å². The number of nitrogens with zero attached hydrogens (tertiary/aromatic N) is 4. The summed E-state index contributed by atoms with van der Waals surface area (Å²) in [6.07, 6.45) is 9.26. The van der Waals surface area contributed by atoms with Gasteiger partial charge in [-0.15, -0.1) is 0 Å². The molecule has 0 amide bonds. The summed E-state index contributed by atoms with van der Waals surface area (Å²) in [5, 5.41) is 10.4. The predicted octanol–water partition coefficient (Wildman–Crippen LogP) is 4.00. The van der Waals surface area contributed by atoms with Crippen molar-refractivity contribution in [1.29, 1.82) is 0 Å². The first-order chi connectivity index (χ1) is 10.3. The molecule has 4 rings (SSSR count). The lowest BCUT2D eigenvalue weighted by atomic mass is 10.2. The molecular weight excluding hydrogens is 375 g/mol. The number of hydrogen-bond donors (Lipinski definition) is 0. The number of aromatic nitrogens is 4. The minimum absolute atomic E-state index is 0.606. The molecule has 2 heterocycles. The largest absolute Gasteiger partial charge is 0.269 e. The van der Waals surface area contributed by atoms with Crippen LogP contribution in [0.5, 0.6) is 0 Å². The molecule has 0 bridgehead atoms. The van der Waals surface area contributed by atoms with E-state index in [9.17, 15) is 0 Å². The molecule has 4 nitrogen and oxygen atoms in total. The van der Waals surface area contributed by atoms with E-state index < -0.39 is 0 Å². The lowest BCUT2D eigenvalue weighted by molar-refractivity contribution is 0.461. The standard InChI is InChI=1S/C16H17IN4/c17-13-6-5-12-10-18-21(16(12)9-13)11-14-7-8-20(19-14)15-3-1-2-4-15/h5-10,15H,1-4,11H2. The van der Waals surface area contributed by atoms with Gasteiger partial charge in [0.1, 0.15) is 0 Å². The molecule has 0 spiro atoms. The summed E-state index contributed by atoms with van der Waals surface area (Å²) in [5.41, 5.74) is 2.27. The maximum absolute atomic E-state index is 4.75. The summed E-state index contributed by atoms with van der Waals surface area (Å²) in [5.74, 6) is 0. The Balaban J connectivity index is 1.61. The zero-order valence-electron chi connectivity index (χ0n) is 11.7. The molecule has 1 fully saturated rings. The zero-order chi connectivity index (χ0) is 14.2. The average molecular weight is 392 g/mol. The first-order valence-corrected chi connectivity index (χ1v) is 8.52. The summed E-state index contributed by atoms with van der Waals surface area (Å²) >= 11 is 2.34. The van der Waals surface area contributed by atoms with E-state index in [-0.39, 0.29) is 0 Å². The van der Waals surface area contributed by atoms with Crippen LogP contribution in [0, 0.1) is 3.57 Å². The van der Waals surface area contributed by atoms with Crippen molar-refractivity contribution in [2.75, 3.05) is 0 Å². The minimum atomic E-state index is 0.606. The summed E-state index contributed by atoms with van der Waals surface area (Å²) in [4.78, 5) is 0. The summed E-state index contributed by atoms with van der Waals surface area (Å²) in [6, 6.07) is 9.15. The molecule has 1 saturated carbocycles. The van der Waals surface area contributed by atoms with Crippen molar-refractivity contribution in [2.45, 2.75) is 38.3 Å². The van der Waals surface area contributed by atoms with E-state index in [0.717, 1.165) is 12.2 Å². The molecule has 0 unspecified atom stereocenters. The summed E-state index contributed by atoms with van der Waals surface area (Å²) in [7, 11) is 0. The SMILES string of the molecule is Ic1ccc2cnn(Cc3ccn(C4CCCC4)n3)c2c1. The Kier molecular flexibility index (Phi) is 3.45. The molecule has 5 heteroatoms. The van der Waals surface area contributed by atoms with Crippen molar-refractivity contribution in [3.63, 3.8) is 0 Å². The van der Waals surface area contributed by atoms with Gasteiger partial charge in [-0.05, 0) is 53.6 Å². The molecule has 3 aromatic rings. The van der Waals surface area contributed by atoms with E-state index in [4.69, 9.17) is 5.10 Å². The molecule has 21 heavy (non-hydrogen) atoms. The zero-order valence-corrected chi connectivity index (χ0v) is 13.9. The highest BCUT2D eigenvalue weighted by Gasteiger charge is 2.17. The Bertz CT molecular complexity index is 768. The smallest absolute Gasteiger partial charge is 0.0857 e. The van der Waals surface area contributed by atoms with Gasteiger partial charge in [0.15, 0.2) is 0 Å². The predicted molar refractivity (Wildman–Crippen MR) is 91.3 cm³/mol. The van der Waals surface area contributed by atoms with Gasteiger partial charge in [0.25, 0.3) is 0 Å². The van der Waals surface area contributed by atoms with E-state index in [2.05, 4.69) is 62.8 Å². The van der Waals surface area contributed by atoms with Crippen molar-refractivity contribution in [3.8, 4) is 0 Å². The highest BCUT2D eigenvalue weighted by molar-refractivity contribution is 14.1. The Morgan fingerprint density at radius 2 is 2.05 bits per heavy atom. The molecule has 1 aromatic carbocycles. The molecule has 0 saturated heterocycles. The van der Waals surface area contributed by atoms with Gasteiger partial charge in [0.2, 0.25) is 0 Å². The van der Waals surface area contributed by atoms with Crippen molar-refractivity contribution in [3.05, 3.63) is 45.9 Å². The summed E-state index contributed by atoms with van der Waals surface area (Å²) in [6.45, 7) is 0.739. The lowest BCUT2D eigenvalue weighted by Gasteiger charge is -2.09. The van der Waals surface area contributed by atoms with Crippen LogP contribution in [0.2, 0.25) is 0 Å². The Morgan fingerprint density at radius 1 is 1.19 bits per heavy atom. The first-order valence-electron chi connectivity index (χ1n) is 7.45. The molecule has 0 N–H and O–H groups in total. The molecule has 108 valence electrons. The second-order valence-electron chi connectivity index (χ2n) is 5.73. The summed E-state index contributed by atoms with van der Waals surface area (Å²) < 4.78 is 5.43. The fraction of sp³-hybridized carbons (Fsp3) is 0.375. The van der Waals surface area contributed by atoms with E-state index in [1.54, 1.807) is 0 Å². The molecule has 0 aliphatic heterocycles. The molecule has 1 aliphatic carbocycles. The van der Waals surface area contributed by atoms with Gasteiger partial charge in [-0.1, -0.05) is 18.9 Å². The van der Waals surface area contributed by atoms with Crippen LogP contribution in [0.4, 0.5) is 0 Å². The van der Waals surface area contributed by atoms with Gasteiger partial charge in [-0.3, -0.25) is 9.36 Å². The van der Waals surface area contributed by atoms with Gasteiger partial charge >= 0.3 is 0 Å². The van der Waals surface area contributed by atoms with E-state index in [1.165, 1.54) is 40.2 Å². The van der Waals surface area contributed by atoms with Gasteiger partial charge < -0.3 is 0 Å². The third-order valence-corrected chi connectivity index (χ3v) is 4.95. The topological polar surface area (TPSA) is 35.6 Å².